The van der Waals surface area contributed by atoms with Crippen molar-refractivity contribution >= 4 is 28.2 Å². The third kappa shape index (κ3) is 1.35. The summed E-state index contributed by atoms with van der Waals surface area (Å²) in [6.45, 7) is 2.19. The van der Waals surface area contributed by atoms with Gasteiger partial charge >= 0.3 is 0 Å². The zero-order valence-electron chi connectivity index (χ0n) is 6.88. The molecule has 0 aromatic heterocycles. The molecule has 2 aliphatic carbocycles. The van der Waals surface area contributed by atoms with Gasteiger partial charge in [-0.2, -0.15) is 0 Å². The minimum absolute atomic E-state index is 0.851. The largest absolute Gasteiger partial charge is 0.119 e. The summed E-state index contributed by atoms with van der Waals surface area (Å²) in [5, 5.41) is 0. The Balaban J connectivity index is 1.85. The maximum Gasteiger partial charge on any atom is 0.0515 e. The van der Waals surface area contributed by atoms with E-state index in [1.165, 1.54) is 23.5 Å². The molecule has 2 saturated carbocycles. The summed E-state index contributed by atoms with van der Waals surface area (Å²) in [6, 6.07) is 0. The van der Waals surface area contributed by atoms with Crippen molar-refractivity contribution in [2.45, 2.75) is 26.2 Å². The molecule has 2 rings (SSSR count). The maximum atomic E-state index is 5.36. The van der Waals surface area contributed by atoms with Gasteiger partial charge in [0.25, 0.3) is 0 Å². The monoisotopic (exact) mass is 186 g/mol. The van der Waals surface area contributed by atoms with Gasteiger partial charge in [-0.15, -0.1) is 11.8 Å². The van der Waals surface area contributed by atoms with Crippen LogP contribution in [0.5, 0.6) is 0 Å². The van der Waals surface area contributed by atoms with E-state index in [2.05, 4.69) is 6.92 Å². The van der Waals surface area contributed by atoms with Crippen LogP contribution in [0.1, 0.15) is 26.2 Å². The summed E-state index contributed by atoms with van der Waals surface area (Å²) >= 11 is 7.25. The highest BCUT2D eigenvalue weighted by Gasteiger charge is 2.54. The van der Waals surface area contributed by atoms with E-state index in [4.69, 9.17) is 12.2 Å². The lowest BCUT2D eigenvalue weighted by Crippen LogP contribution is -1.97. The van der Waals surface area contributed by atoms with Crippen molar-refractivity contribution < 1.29 is 0 Å². The van der Waals surface area contributed by atoms with E-state index >= 15 is 0 Å². The average molecular weight is 186 g/mol. The summed E-state index contributed by atoms with van der Waals surface area (Å²) in [5.41, 5.74) is 0. The minimum atomic E-state index is 0.851. The van der Waals surface area contributed by atoms with Crippen LogP contribution in [0.2, 0.25) is 0 Å². The first-order chi connectivity index (χ1) is 5.34. The topological polar surface area (TPSA) is 0 Å². The normalized spacial score (nSPS) is 40.3. The summed E-state index contributed by atoms with van der Waals surface area (Å²) in [5.74, 6) is 4.04. The molecular weight excluding hydrogens is 172 g/mol. The molecular formula is C9H14S2. The molecule has 0 heterocycles. The van der Waals surface area contributed by atoms with E-state index in [9.17, 15) is 0 Å². The Hall–Kier alpha value is 0.440. The fourth-order valence-electron chi connectivity index (χ4n) is 2.41. The van der Waals surface area contributed by atoms with Crippen LogP contribution in [0, 0.1) is 17.8 Å². The molecule has 0 amide bonds. The molecule has 11 heavy (non-hydrogen) atoms. The summed E-state index contributed by atoms with van der Waals surface area (Å²) in [6.07, 6.45) is 4.38. The van der Waals surface area contributed by atoms with Crippen molar-refractivity contribution in [3.05, 3.63) is 0 Å². The number of hydrogen-bond donors (Lipinski definition) is 0. The Labute approximate surface area is 78.1 Å². The first-order valence-electron chi connectivity index (χ1n) is 4.51. The fraction of sp³-hybridized carbons (Fsp3) is 0.889. The van der Waals surface area contributed by atoms with Crippen LogP contribution in [-0.4, -0.2) is 9.95 Å². The van der Waals surface area contributed by atoms with Crippen molar-refractivity contribution in [2.75, 3.05) is 5.75 Å². The van der Waals surface area contributed by atoms with E-state index in [0.717, 1.165) is 23.5 Å². The molecule has 0 N–H and O–H groups in total. The highest BCUT2D eigenvalue weighted by atomic mass is 32.2. The molecule has 2 aliphatic rings. The van der Waals surface area contributed by atoms with Gasteiger partial charge in [0.1, 0.15) is 0 Å². The Morgan fingerprint density at radius 1 is 1.45 bits per heavy atom. The van der Waals surface area contributed by atoms with E-state index in [1.807, 2.05) is 11.8 Å². The van der Waals surface area contributed by atoms with Crippen molar-refractivity contribution in [2.24, 2.45) is 17.8 Å². The fourth-order valence-corrected chi connectivity index (χ4v) is 3.94. The van der Waals surface area contributed by atoms with Crippen LogP contribution in [0.25, 0.3) is 0 Å². The summed E-state index contributed by atoms with van der Waals surface area (Å²) in [7, 11) is 0. The number of thiocarbonyl (C=S) groups is 1. The lowest BCUT2D eigenvalue weighted by molar-refractivity contribution is 0.691. The number of thioether (sulfide) groups is 1. The first kappa shape index (κ1) is 8.06. The van der Waals surface area contributed by atoms with Crippen molar-refractivity contribution in [3.63, 3.8) is 0 Å². The maximum absolute atomic E-state index is 5.36. The second-order valence-electron chi connectivity index (χ2n) is 3.54. The third-order valence-corrected chi connectivity index (χ3v) is 4.44. The van der Waals surface area contributed by atoms with E-state index in [1.54, 1.807) is 0 Å². The van der Waals surface area contributed by atoms with Crippen LogP contribution in [-0.2, 0) is 0 Å². The summed E-state index contributed by atoms with van der Waals surface area (Å²) in [4.78, 5) is 0. The van der Waals surface area contributed by atoms with Crippen LogP contribution in [0.4, 0.5) is 0 Å². The molecule has 62 valence electrons. The van der Waals surface area contributed by atoms with Gasteiger partial charge in [0.2, 0.25) is 0 Å². The molecule has 0 nitrogen and oxygen atoms in total. The van der Waals surface area contributed by atoms with E-state index in [0.29, 0.717) is 0 Å². The van der Waals surface area contributed by atoms with Gasteiger partial charge in [-0.1, -0.05) is 25.6 Å². The summed E-state index contributed by atoms with van der Waals surface area (Å²) < 4.78 is 1.31. The third-order valence-electron chi connectivity index (χ3n) is 2.97. The first-order valence-corrected chi connectivity index (χ1v) is 5.90. The van der Waals surface area contributed by atoms with E-state index in [-0.39, 0.29) is 0 Å². The molecule has 2 unspecified atom stereocenters. The second-order valence-corrected chi connectivity index (χ2v) is 5.54. The van der Waals surface area contributed by atoms with Gasteiger partial charge in [-0.3, -0.25) is 0 Å². The van der Waals surface area contributed by atoms with Gasteiger partial charge in [-0.05, 0) is 30.4 Å². The molecule has 0 aromatic carbocycles. The molecule has 0 saturated heterocycles. The smallest absolute Gasteiger partial charge is 0.0515 e. The Bertz CT molecular complexity index is 166. The second kappa shape index (κ2) is 3.06. The molecule has 2 atom stereocenters. The zero-order valence-corrected chi connectivity index (χ0v) is 8.51. The highest BCUT2D eigenvalue weighted by Crippen LogP contribution is 2.59. The standard InChI is InChI=1S/C9H14S2/c1-2-11-9(10)8-6-4-3-5-7(6)8/h6-8H,2-5H2,1H3. The molecule has 2 fully saturated rings. The number of fused-ring (bicyclic) bond motifs is 1. The van der Waals surface area contributed by atoms with Gasteiger partial charge in [0.05, 0.1) is 4.20 Å². The Kier molecular flexibility index (Phi) is 2.24. The van der Waals surface area contributed by atoms with Gasteiger partial charge in [-0.25, -0.2) is 0 Å². The predicted octanol–water partition coefficient (Wildman–Crippen LogP) is 3.11. The Morgan fingerprint density at radius 2 is 2.09 bits per heavy atom. The molecule has 0 radical (unpaired) electrons. The van der Waals surface area contributed by atoms with E-state index < -0.39 is 0 Å². The highest BCUT2D eigenvalue weighted by molar-refractivity contribution is 8.23. The van der Waals surface area contributed by atoms with Gasteiger partial charge in [0, 0.05) is 5.92 Å². The molecule has 0 aliphatic heterocycles. The SMILES string of the molecule is CCSC(=S)C1C2CCCC21. The quantitative estimate of drug-likeness (QED) is 0.608. The lowest BCUT2D eigenvalue weighted by Gasteiger charge is -2.02. The average Bonchev–Trinajstić information content (AvgIpc) is 2.47. The number of hydrogen-bond acceptors (Lipinski definition) is 2. The zero-order chi connectivity index (χ0) is 7.84. The minimum Gasteiger partial charge on any atom is -0.119 e. The van der Waals surface area contributed by atoms with Gasteiger partial charge < -0.3 is 0 Å². The van der Waals surface area contributed by atoms with Crippen molar-refractivity contribution in [1.82, 2.24) is 0 Å². The van der Waals surface area contributed by atoms with Crippen molar-refractivity contribution in [1.29, 1.82) is 0 Å². The molecule has 2 heteroatoms. The predicted molar refractivity (Wildman–Crippen MR) is 55.1 cm³/mol. The van der Waals surface area contributed by atoms with Crippen molar-refractivity contribution in [3.8, 4) is 0 Å². The van der Waals surface area contributed by atoms with Crippen LogP contribution in [0.3, 0.4) is 0 Å². The van der Waals surface area contributed by atoms with Crippen LogP contribution < -0.4 is 0 Å². The van der Waals surface area contributed by atoms with Gasteiger partial charge in [0.15, 0.2) is 0 Å². The molecule has 0 spiro atoms. The Morgan fingerprint density at radius 3 is 2.64 bits per heavy atom. The lowest BCUT2D eigenvalue weighted by atomic mass is 10.2. The number of rotatable bonds is 2. The molecule has 0 bridgehead atoms. The van der Waals surface area contributed by atoms with Crippen LogP contribution in [0.15, 0.2) is 0 Å². The van der Waals surface area contributed by atoms with Crippen LogP contribution >= 0.6 is 24.0 Å². The molecule has 0 aromatic rings.